The zero-order valence-corrected chi connectivity index (χ0v) is 13.6. The summed E-state index contributed by atoms with van der Waals surface area (Å²) in [4.78, 5) is 0. The zero-order chi connectivity index (χ0) is 13.8. The third-order valence-corrected chi connectivity index (χ3v) is 4.35. The molecule has 0 aromatic heterocycles. The molecule has 1 saturated carbocycles. The highest BCUT2D eigenvalue weighted by molar-refractivity contribution is 9.10. The van der Waals surface area contributed by atoms with Crippen LogP contribution in [-0.4, -0.2) is 13.2 Å². The summed E-state index contributed by atoms with van der Waals surface area (Å²) in [6.45, 7) is 5.28. The molecular weight excluding hydrogens is 304 g/mol. The van der Waals surface area contributed by atoms with Gasteiger partial charge in [0.1, 0.15) is 5.75 Å². The number of rotatable bonds is 4. The Hall–Kier alpha value is -0.540. The van der Waals surface area contributed by atoms with E-state index in [-0.39, 0.29) is 0 Å². The fourth-order valence-electron chi connectivity index (χ4n) is 3.08. The second-order valence-corrected chi connectivity index (χ2v) is 6.72. The minimum absolute atomic E-state index is 0.391. The van der Waals surface area contributed by atoms with E-state index >= 15 is 0 Å². The Bertz CT molecular complexity index is 409. The van der Waals surface area contributed by atoms with Gasteiger partial charge in [0.2, 0.25) is 0 Å². The van der Waals surface area contributed by atoms with E-state index in [1.54, 1.807) is 7.11 Å². The van der Waals surface area contributed by atoms with E-state index in [4.69, 9.17) is 9.47 Å². The lowest BCUT2D eigenvalue weighted by Gasteiger charge is -2.31. The van der Waals surface area contributed by atoms with Gasteiger partial charge < -0.3 is 9.47 Å². The molecule has 0 radical (unpaired) electrons. The maximum absolute atomic E-state index is 6.11. The fourth-order valence-corrected chi connectivity index (χ4v) is 3.49. The Balaban J connectivity index is 1.96. The Kier molecular flexibility index (Phi) is 5.28. The minimum atomic E-state index is 0.391. The van der Waals surface area contributed by atoms with Crippen molar-refractivity contribution < 1.29 is 9.47 Å². The van der Waals surface area contributed by atoms with Crippen molar-refractivity contribution in [3.63, 3.8) is 0 Å². The van der Waals surface area contributed by atoms with Crippen LogP contribution in [0, 0.1) is 11.8 Å². The van der Waals surface area contributed by atoms with Gasteiger partial charge in [-0.15, -0.1) is 0 Å². The molecule has 0 aliphatic heterocycles. The van der Waals surface area contributed by atoms with E-state index in [9.17, 15) is 0 Å². The Morgan fingerprint density at radius 1 is 1.16 bits per heavy atom. The number of methoxy groups -OCH3 is 1. The maximum Gasteiger partial charge on any atom is 0.124 e. The average molecular weight is 327 g/mol. The van der Waals surface area contributed by atoms with Crippen molar-refractivity contribution in [3.05, 3.63) is 28.2 Å². The molecule has 1 fully saturated rings. The van der Waals surface area contributed by atoms with Gasteiger partial charge in [0.15, 0.2) is 0 Å². The van der Waals surface area contributed by atoms with E-state index in [1.807, 2.05) is 12.1 Å². The summed E-state index contributed by atoms with van der Waals surface area (Å²) >= 11 is 3.50. The van der Waals surface area contributed by atoms with Crippen LogP contribution < -0.4 is 4.74 Å². The van der Waals surface area contributed by atoms with Crippen LogP contribution in [0.1, 0.15) is 38.7 Å². The van der Waals surface area contributed by atoms with E-state index in [1.165, 1.54) is 19.3 Å². The van der Waals surface area contributed by atoms with E-state index in [2.05, 4.69) is 35.8 Å². The highest BCUT2D eigenvalue weighted by Crippen LogP contribution is 2.32. The second-order valence-electron chi connectivity index (χ2n) is 5.81. The van der Waals surface area contributed by atoms with Gasteiger partial charge in [-0.2, -0.15) is 0 Å². The lowest BCUT2D eigenvalue weighted by Crippen LogP contribution is -2.26. The first-order valence-corrected chi connectivity index (χ1v) is 7.81. The third-order valence-electron chi connectivity index (χ3n) is 3.85. The van der Waals surface area contributed by atoms with Crippen LogP contribution in [0.3, 0.4) is 0 Å². The average Bonchev–Trinajstić information content (AvgIpc) is 2.35. The van der Waals surface area contributed by atoms with E-state index < -0.39 is 0 Å². The Labute approximate surface area is 124 Å². The molecule has 0 saturated heterocycles. The first-order chi connectivity index (χ1) is 9.08. The molecular formula is C16H23BrO2. The van der Waals surface area contributed by atoms with Gasteiger partial charge in [0.25, 0.3) is 0 Å². The highest BCUT2D eigenvalue weighted by Gasteiger charge is 2.24. The number of benzene rings is 1. The minimum Gasteiger partial charge on any atom is -0.496 e. The molecule has 0 amide bonds. The van der Waals surface area contributed by atoms with Gasteiger partial charge in [-0.05, 0) is 49.3 Å². The summed E-state index contributed by atoms with van der Waals surface area (Å²) in [6, 6.07) is 6.05. The van der Waals surface area contributed by atoms with E-state index in [0.29, 0.717) is 12.7 Å². The third kappa shape index (κ3) is 4.22. The largest absolute Gasteiger partial charge is 0.496 e. The van der Waals surface area contributed by atoms with Crippen molar-refractivity contribution in [3.8, 4) is 5.75 Å². The molecule has 106 valence electrons. The molecule has 0 N–H and O–H groups in total. The van der Waals surface area contributed by atoms with Gasteiger partial charge in [-0.25, -0.2) is 0 Å². The van der Waals surface area contributed by atoms with Crippen molar-refractivity contribution >= 4 is 15.9 Å². The van der Waals surface area contributed by atoms with Crippen LogP contribution >= 0.6 is 15.9 Å². The van der Waals surface area contributed by atoms with Crippen molar-refractivity contribution in [1.82, 2.24) is 0 Å². The first kappa shape index (κ1) is 14.9. The predicted octanol–water partition coefficient (Wildman–Crippen LogP) is 4.80. The van der Waals surface area contributed by atoms with Crippen molar-refractivity contribution in [2.24, 2.45) is 11.8 Å². The number of ether oxygens (including phenoxy) is 2. The van der Waals surface area contributed by atoms with Crippen LogP contribution in [0.2, 0.25) is 0 Å². The normalized spacial score (nSPS) is 27.3. The van der Waals surface area contributed by atoms with Gasteiger partial charge >= 0.3 is 0 Å². The SMILES string of the molecule is COc1ccc(Br)cc1COC1CC(C)CC(C)C1. The molecule has 2 rings (SSSR count). The fraction of sp³-hybridized carbons (Fsp3) is 0.625. The van der Waals surface area contributed by atoms with Crippen LogP contribution in [0.4, 0.5) is 0 Å². The van der Waals surface area contributed by atoms with E-state index in [0.717, 1.165) is 27.6 Å². The molecule has 1 aliphatic rings. The lowest BCUT2D eigenvalue weighted by molar-refractivity contribution is -0.00978. The highest BCUT2D eigenvalue weighted by atomic mass is 79.9. The van der Waals surface area contributed by atoms with Crippen LogP contribution in [-0.2, 0) is 11.3 Å². The number of hydrogen-bond donors (Lipinski definition) is 0. The number of halogens is 1. The van der Waals surface area contributed by atoms with Gasteiger partial charge in [-0.3, -0.25) is 0 Å². The number of hydrogen-bond acceptors (Lipinski definition) is 2. The summed E-state index contributed by atoms with van der Waals surface area (Å²) in [5.41, 5.74) is 1.11. The summed E-state index contributed by atoms with van der Waals surface area (Å²) in [5.74, 6) is 2.46. The van der Waals surface area contributed by atoms with Crippen LogP contribution in [0.15, 0.2) is 22.7 Å². The van der Waals surface area contributed by atoms with Gasteiger partial charge in [0, 0.05) is 10.0 Å². The molecule has 1 aromatic rings. The molecule has 2 atom stereocenters. The molecule has 0 heterocycles. The standard InChI is InChI=1S/C16H23BrO2/c1-11-6-12(2)8-15(7-11)19-10-13-9-14(17)4-5-16(13)18-3/h4-5,9,11-12,15H,6-8,10H2,1-3H3. The first-order valence-electron chi connectivity index (χ1n) is 7.02. The molecule has 2 nitrogen and oxygen atoms in total. The Morgan fingerprint density at radius 3 is 2.47 bits per heavy atom. The molecule has 19 heavy (non-hydrogen) atoms. The monoisotopic (exact) mass is 326 g/mol. The van der Waals surface area contributed by atoms with Crippen molar-refractivity contribution in [2.75, 3.05) is 7.11 Å². The summed E-state index contributed by atoms with van der Waals surface area (Å²) in [6.07, 6.45) is 4.09. The molecule has 0 spiro atoms. The Morgan fingerprint density at radius 2 is 1.84 bits per heavy atom. The van der Waals surface area contributed by atoms with Gasteiger partial charge in [0.05, 0.1) is 19.8 Å². The second kappa shape index (κ2) is 6.76. The summed E-state index contributed by atoms with van der Waals surface area (Å²) in [7, 11) is 1.71. The van der Waals surface area contributed by atoms with Crippen molar-refractivity contribution in [2.45, 2.75) is 45.8 Å². The molecule has 2 unspecified atom stereocenters. The molecule has 1 aliphatic carbocycles. The maximum atomic E-state index is 6.11. The summed E-state index contributed by atoms with van der Waals surface area (Å²) in [5, 5.41) is 0. The summed E-state index contributed by atoms with van der Waals surface area (Å²) < 4.78 is 12.6. The van der Waals surface area contributed by atoms with Crippen LogP contribution in [0.5, 0.6) is 5.75 Å². The van der Waals surface area contributed by atoms with Crippen molar-refractivity contribution in [1.29, 1.82) is 0 Å². The zero-order valence-electron chi connectivity index (χ0n) is 12.0. The lowest BCUT2D eigenvalue weighted by atomic mass is 9.82. The topological polar surface area (TPSA) is 18.5 Å². The predicted molar refractivity (Wildman–Crippen MR) is 81.5 cm³/mol. The smallest absolute Gasteiger partial charge is 0.124 e. The molecule has 1 aromatic carbocycles. The van der Waals surface area contributed by atoms with Gasteiger partial charge in [-0.1, -0.05) is 29.8 Å². The molecule has 3 heteroatoms. The molecule has 0 bridgehead atoms. The quantitative estimate of drug-likeness (QED) is 0.791. The van der Waals surface area contributed by atoms with Crippen LogP contribution in [0.25, 0.3) is 0 Å².